The van der Waals surface area contributed by atoms with Crippen molar-refractivity contribution in [2.75, 3.05) is 0 Å². The fraction of sp³-hybridized carbons (Fsp3) is 0.438. The van der Waals surface area contributed by atoms with Crippen LogP contribution >= 0.6 is 0 Å². The molecule has 0 spiro atoms. The Morgan fingerprint density at radius 1 is 1.30 bits per heavy atom. The van der Waals surface area contributed by atoms with E-state index in [9.17, 15) is 0 Å². The minimum Gasteiger partial charge on any atom is -0.487 e. The first-order valence-electron chi connectivity index (χ1n) is 7.15. The first-order valence-corrected chi connectivity index (χ1v) is 7.15. The molecule has 1 aromatic heterocycles. The maximum absolute atomic E-state index is 5.81. The average Bonchev–Trinajstić information content (AvgIpc) is 2.85. The van der Waals surface area contributed by atoms with E-state index in [0.29, 0.717) is 6.61 Å². The van der Waals surface area contributed by atoms with Gasteiger partial charge in [0.1, 0.15) is 12.4 Å². The molecule has 0 aliphatic carbocycles. The van der Waals surface area contributed by atoms with Crippen LogP contribution in [0.5, 0.6) is 5.75 Å². The monoisotopic (exact) mass is 273 g/mol. The Kier molecular flexibility index (Phi) is 5.18. The molecular weight excluding hydrogens is 250 g/mol. The van der Waals surface area contributed by atoms with Crippen molar-refractivity contribution in [1.29, 1.82) is 0 Å². The molecule has 108 valence electrons. The predicted molar refractivity (Wildman–Crippen MR) is 80.6 cm³/mol. The normalized spacial score (nSPS) is 12.3. The van der Waals surface area contributed by atoms with Gasteiger partial charge in [-0.1, -0.05) is 19.1 Å². The summed E-state index contributed by atoms with van der Waals surface area (Å²) in [6.45, 7) is 5.69. The molecule has 2 rings (SSSR count). The van der Waals surface area contributed by atoms with Gasteiger partial charge in [0.05, 0.1) is 18.2 Å². The molecule has 0 amide bonds. The molecule has 0 fully saturated rings. The first-order chi connectivity index (χ1) is 9.69. The molecule has 1 aromatic carbocycles. The first kappa shape index (κ1) is 14.6. The number of aryl methyl sites for hydroxylation is 1. The van der Waals surface area contributed by atoms with E-state index in [1.807, 2.05) is 31.6 Å². The number of ether oxygens (including phenoxy) is 1. The standard InChI is InChI=1S/C16H23N3O/c1-3-8-19-12-18-10-15(19)11-20-16-6-4-14(5-7-16)9-13(2)17/h4-7,10,12-13H,3,8-9,11,17H2,1-2H3. The number of aromatic nitrogens is 2. The molecule has 0 saturated heterocycles. The lowest BCUT2D eigenvalue weighted by molar-refractivity contribution is 0.294. The van der Waals surface area contributed by atoms with E-state index in [-0.39, 0.29) is 6.04 Å². The van der Waals surface area contributed by atoms with Crippen molar-refractivity contribution in [3.05, 3.63) is 48.0 Å². The molecule has 20 heavy (non-hydrogen) atoms. The highest BCUT2D eigenvalue weighted by Crippen LogP contribution is 2.15. The molecule has 0 bridgehead atoms. The van der Waals surface area contributed by atoms with Crippen LogP contribution in [0.2, 0.25) is 0 Å². The van der Waals surface area contributed by atoms with E-state index in [2.05, 4.69) is 28.6 Å². The lowest BCUT2D eigenvalue weighted by atomic mass is 10.1. The van der Waals surface area contributed by atoms with Crippen molar-refractivity contribution in [2.45, 2.75) is 45.9 Å². The van der Waals surface area contributed by atoms with E-state index in [1.165, 1.54) is 5.56 Å². The predicted octanol–water partition coefficient (Wildman–Crippen LogP) is 2.76. The Morgan fingerprint density at radius 3 is 2.70 bits per heavy atom. The van der Waals surface area contributed by atoms with Crippen LogP contribution in [0.1, 0.15) is 31.5 Å². The SMILES string of the molecule is CCCn1cncc1COc1ccc(CC(C)N)cc1. The van der Waals surface area contributed by atoms with Crippen molar-refractivity contribution in [3.8, 4) is 5.75 Å². The fourth-order valence-electron chi connectivity index (χ4n) is 2.16. The van der Waals surface area contributed by atoms with Gasteiger partial charge in [0.25, 0.3) is 0 Å². The Balaban J connectivity index is 1.92. The highest BCUT2D eigenvalue weighted by molar-refractivity contribution is 5.27. The number of rotatable bonds is 7. The van der Waals surface area contributed by atoms with Gasteiger partial charge in [-0.3, -0.25) is 0 Å². The molecule has 0 aliphatic heterocycles. The fourth-order valence-corrected chi connectivity index (χ4v) is 2.16. The number of nitrogens with two attached hydrogens (primary N) is 1. The van der Waals surface area contributed by atoms with Crippen molar-refractivity contribution in [2.24, 2.45) is 5.73 Å². The highest BCUT2D eigenvalue weighted by Gasteiger charge is 2.03. The van der Waals surface area contributed by atoms with Gasteiger partial charge >= 0.3 is 0 Å². The van der Waals surface area contributed by atoms with Crippen LogP contribution in [0, 0.1) is 0 Å². The summed E-state index contributed by atoms with van der Waals surface area (Å²) in [6.07, 6.45) is 5.70. The van der Waals surface area contributed by atoms with E-state index >= 15 is 0 Å². The number of hydrogen-bond donors (Lipinski definition) is 1. The summed E-state index contributed by atoms with van der Waals surface area (Å²) in [4.78, 5) is 4.17. The van der Waals surface area contributed by atoms with Crippen LogP contribution in [0.3, 0.4) is 0 Å². The van der Waals surface area contributed by atoms with Gasteiger partial charge in [0.2, 0.25) is 0 Å². The number of hydrogen-bond acceptors (Lipinski definition) is 3. The van der Waals surface area contributed by atoms with Crippen LogP contribution in [0.25, 0.3) is 0 Å². The van der Waals surface area contributed by atoms with Gasteiger partial charge in [0, 0.05) is 12.6 Å². The topological polar surface area (TPSA) is 53.1 Å². The summed E-state index contributed by atoms with van der Waals surface area (Å²) in [5, 5.41) is 0. The summed E-state index contributed by atoms with van der Waals surface area (Å²) in [5.41, 5.74) is 8.13. The summed E-state index contributed by atoms with van der Waals surface area (Å²) in [7, 11) is 0. The maximum Gasteiger partial charge on any atom is 0.130 e. The van der Waals surface area contributed by atoms with Crippen molar-refractivity contribution in [1.82, 2.24) is 9.55 Å². The number of nitrogens with zero attached hydrogens (tertiary/aromatic N) is 2. The minimum absolute atomic E-state index is 0.185. The van der Waals surface area contributed by atoms with E-state index in [4.69, 9.17) is 10.5 Å². The summed E-state index contributed by atoms with van der Waals surface area (Å²) >= 11 is 0. The van der Waals surface area contributed by atoms with E-state index in [0.717, 1.165) is 30.8 Å². The zero-order valence-corrected chi connectivity index (χ0v) is 12.2. The summed E-state index contributed by atoms with van der Waals surface area (Å²) < 4.78 is 7.93. The molecule has 2 aromatic rings. The van der Waals surface area contributed by atoms with Crippen LogP contribution in [0.4, 0.5) is 0 Å². The second kappa shape index (κ2) is 7.10. The van der Waals surface area contributed by atoms with E-state index < -0.39 is 0 Å². The van der Waals surface area contributed by atoms with Gasteiger partial charge in [-0.15, -0.1) is 0 Å². The third-order valence-electron chi connectivity index (χ3n) is 3.13. The van der Waals surface area contributed by atoms with Gasteiger partial charge in [-0.05, 0) is 37.5 Å². The van der Waals surface area contributed by atoms with Gasteiger partial charge in [-0.2, -0.15) is 0 Å². The quantitative estimate of drug-likeness (QED) is 0.844. The zero-order valence-electron chi connectivity index (χ0n) is 12.2. The Bertz CT molecular complexity index is 517. The van der Waals surface area contributed by atoms with Crippen LogP contribution < -0.4 is 10.5 Å². The molecule has 0 saturated carbocycles. The van der Waals surface area contributed by atoms with E-state index in [1.54, 1.807) is 0 Å². The maximum atomic E-state index is 5.81. The van der Waals surface area contributed by atoms with Gasteiger partial charge < -0.3 is 15.0 Å². The number of imidazole rings is 1. The summed E-state index contributed by atoms with van der Waals surface area (Å²) in [6, 6.07) is 8.32. The zero-order chi connectivity index (χ0) is 14.4. The van der Waals surface area contributed by atoms with Gasteiger partial charge in [-0.25, -0.2) is 4.98 Å². The third kappa shape index (κ3) is 4.10. The summed E-state index contributed by atoms with van der Waals surface area (Å²) in [5.74, 6) is 0.877. The number of benzene rings is 1. The molecule has 1 unspecified atom stereocenters. The van der Waals surface area contributed by atoms with Gasteiger partial charge in [0.15, 0.2) is 0 Å². The largest absolute Gasteiger partial charge is 0.487 e. The average molecular weight is 273 g/mol. The highest BCUT2D eigenvalue weighted by atomic mass is 16.5. The third-order valence-corrected chi connectivity index (χ3v) is 3.13. The van der Waals surface area contributed by atoms with Crippen molar-refractivity contribution >= 4 is 0 Å². The Morgan fingerprint density at radius 2 is 2.05 bits per heavy atom. The Labute approximate surface area is 120 Å². The molecule has 1 heterocycles. The lowest BCUT2D eigenvalue weighted by Gasteiger charge is -2.10. The molecule has 4 heteroatoms. The second-order valence-corrected chi connectivity index (χ2v) is 5.19. The molecule has 1 atom stereocenters. The molecule has 2 N–H and O–H groups in total. The molecular formula is C16H23N3O. The lowest BCUT2D eigenvalue weighted by Crippen LogP contribution is -2.17. The van der Waals surface area contributed by atoms with Crippen LogP contribution in [-0.2, 0) is 19.6 Å². The Hall–Kier alpha value is -1.81. The van der Waals surface area contributed by atoms with Crippen LogP contribution in [0.15, 0.2) is 36.8 Å². The molecule has 0 aliphatic rings. The smallest absolute Gasteiger partial charge is 0.130 e. The minimum atomic E-state index is 0.185. The molecule has 0 radical (unpaired) electrons. The van der Waals surface area contributed by atoms with Crippen molar-refractivity contribution in [3.63, 3.8) is 0 Å². The second-order valence-electron chi connectivity index (χ2n) is 5.19. The van der Waals surface area contributed by atoms with Crippen LogP contribution in [-0.4, -0.2) is 15.6 Å². The molecule has 4 nitrogen and oxygen atoms in total. The van der Waals surface area contributed by atoms with Crippen molar-refractivity contribution < 1.29 is 4.74 Å².